The molecule has 0 aliphatic heterocycles. The van der Waals surface area contributed by atoms with Gasteiger partial charge in [0.2, 0.25) is 5.88 Å². The number of aromatic nitrogens is 2. The van der Waals surface area contributed by atoms with Crippen LogP contribution in [0.1, 0.15) is 21.5 Å². The lowest BCUT2D eigenvalue weighted by Gasteiger charge is -2.11. The fourth-order valence-electron chi connectivity index (χ4n) is 2.57. The van der Waals surface area contributed by atoms with Crippen LogP contribution in [0.25, 0.3) is 5.69 Å². The first-order valence-corrected chi connectivity index (χ1v) is 8.16. The van der Waals surface area contributed by atoms with E-state index in [1.54, 1.807) is 43.3 Å². The number of aromatic hydroxyl groups is 2. The van der Waals surface area contributed by atoms with Crippen LogP contribution in [0.4, 0.5) is 0 Å². The van der Waals surface area contributed by atoms with Crippen molar-refractivity contribution in [1.82, 2.24) is 15.0 Å². The average Bonchev–Trinajstić information content (AvgIpc) is 2.66. The lowest BCUT2D eigenvalue weighted by atomic mass is 10.2. The molecule has 1 aromatic heterocycles. The number of nitrogens with zero attached hydrogens (tertiary/aromatic N) is 2. The highest BCUT2D eigenvalue weighted by Crippen LogP contribution is 2.18. The highest BCUT2D eigenvalue weighted by molar-refractivity contribution is 5.97. The number of amides is 1. The largest absolute Gasteiger partial charge is 0.507 e. The minimum absolute atomic E-state index is 0.0114. The van der Waals surface area contributed by atoms with E-state index >= 15 is 0 Å². The number of hydrazone groups is 1. The predicted molar refractivity (Wildman–Crippen MR) is 102 cm³/mol. The first kappa shape index (κ1) is 18.6. The summed E-state index contributed by atoms with van der Waals surface area (Å²) in [7, 11) is 0. The SMILES string of the molecule is Cc1ccccc1-n1c(O)c(/C=N/NC(=O)c2ccccc2O)c(=O)[nH]c1=O. The van der Waals surface area contributed by atoms with Gasteiger partial charge in [0.05, 0.1) is 17.5 Å². The second kappa shape index (κ2) is 7.62. The van der Waals surface area contributed by atoms with Crippen LogP contribution in [0.15, 0.2) is 63.2 Å². The van der Waals surface area contributed by atoms with E-state index in [9.17, 15) is 24.6 Å². The maximum atomic E-state index is 12.2. The summed E-state index contributed by atoms with van der Waals surface area (Å²) in [6.45, 7) is 1.74. The Morgan fingerprint density at radius 2 is 1.79 bits per heavy atom. The minimum atomic E-state index is -0.868. The Bertz CT molecular complexity index is 1190. The molecule has 1 heterocycles. The van der Waals surface area contributed by atoms with Gasteiger partial charge in [0.1, 0.15) is 11.3 Å². The van der Waals surface area contributed by atoms with Crippen molar-refractivity contribution in [3.05, 3.63) is 86.1 Å². The van der Waals surface area contributed by atoms with Crippen molar-refractivity contribution < 1.29 is 15.0 Å². The van der Waals surface area contributed by atoms with Crippen LogP contribution in [-0.4, -0.2) is 31.9 Å². The van der Waals surface area contributed by atoms with E-state index in [1.165, 1.54) is 12.1 Å². The Hall–Kier alpha value is -4.14. The number of carbonyl (C=O) groups is 1. The van der Waals surface area contributed by atoms with Crippen LogP contribution in [0.2, 0.25) is 0 Å². The molecule has 3 rings (SSSR count). The molecule has 0 saturated heterocycles. The molecular weight excluding hydrogens is 364 g/mol. The van der Waals surface area contributed by atoms with Crippen molar-refractivity contribution in [2.45, 2.75) is 6.92 Å². The van der Waals surface area contributed by atoms with E-state index in [4.69, 9.17) is 0 Å². The Kier molecular flexibility index (Phi) is 5.07. The van der Waals surface area contributed by atoms with E-state index in [0.29, 0.717) is 11.3 Å². The van der Waals surface area contributed by atoms with Gasteiger partial charge >= 0.3 is 5.69 Å². The normalized spacial score (nSPS) is 10.9. The monoisotopic (exact) mass is 380 g/mol. The molecule has 0 saturated carbocycles. The maximum absolute atomic E-state index is 12.2. The van der Waals surface area contributed by atoms with Crippen LogP contribution in [0.3, 0.4) is 0 Å². The van der Waals surface area contributed by atoms with Gasteiger partial charge in [-0.05, 0) is 30.7 Å². The number of aromatic amines is 1. The smallest absolute Gasteiger partial charge is 0.335 e. The van der Waals surface area contributed by atoms with E-state index in [-0.39, 0.29) is 16.9 Å². The van der Waals surface area contributed by atoms with E-state index in [0.717, 1.165) is 10.8 Å². The number of nitrogens with one attached hydrogen (secondary N) is 2. The molecule has 4 N–H and O–H groups in total. The Balaban J connectivity index is 1.96. The van der Waals surface area contributed by atoms with Crippen LogP contribution >= 0.6 is 0 Å². The zero-order chi connectivity index (χ0) is 20.3. The number of benzene rings is 2. The van der Waals surface area contributed by atoms with Crippen molar-refractivity contribution >= 4 is 12.1 Å². The lowest BCUT2D eigenvalue weighted by Crippen LogP contribution is -2.32. The number of phenols is 1. The molecule has 0 spiro atoms. The predicted octanol–water partition coefficient (Wildman–Crippen LogP) is 1.01. The van der Waals surface area contributed by atoms with Crippen LogP contribution in [0.5, 0.6) is 11.6 Å². The maximum Gasteiger partial charge on any atom is 0.335 e. The standard InChI is InChI=1S/C19H16N4O5/c1-11-6-2-4-8-14(11)23-18(27)13(16(25)21-19(23)28)10-20-22-17(26)12-7-3-5-9-15(12)24/h2-10,24,27H,1H3,(H,22,26)(H,21,25,28)/b20-10+. The number of rotatable bonds is 4. The first-order valence-electron chi connectivity index (χ1n) is 8.16. The molecule has 142 valence electrons. The summed E-state index contributed by atoms with van der Waals surface area (Å²) in [4.78, 5) is 38.4. The number of aryl methyl sites for hydroxylation is 1. The fourth-order valence-corrected chi connectivity index (χ4v) is 2.57. The summed E-state index contributed by atoms with van der Waals surface area (Å²) in [5.41, 5.74) is 1.22. The van der Waals surface area contributed by atoms with Crippen LogP contribution < -0.4 is 16.7 Å². The third-order valence-electron chi connectivity index (χ3n) is 3.99. The third kappa shape index (κ3) is 3.54. The summed E-state index contributed by atoms with van der Waals surface area (Å²) >= 11 is 0. The van der Waals surface area contributed by atoms with Gasteiger partial charge in [0.15, 0.2) is 0 Å². The summed E-state index contributed by atoms with van der Waals surface area (Å²) < 4.78 is 0.933. The van der Waals surface area contributed by atoms with Crippen molar-refractivity contribution in [2.75, 3.05) is 0 Å². The molecule has 1 amide bonds. The zero-order valence-electron chi connectivity index (χ0n) is 14.7. The van der Waals surface area contributed by atoms with Crippen LogP contribution in [-0.2, 0) is 0 Å². The summed E-state index contributed by atoms with van der Waals surface area (Å²) in [6, 6.07) is 12.6. The third-order valence-corrected chi connectivity index (χ3v) is 3.99. The number of carbonyl (C=O) groups excluding carboxylic acids is 1. The molecule has 0 atom stereocenters. The van der Waals surface area contributed by atoms with Crippen molar-refractivity contribution in [3.8, 4) is 17.3 Å². The van der Waals surface area contributed by atoms with Gasteiger partial charge < -0.3 is 10.2 Å². The molecule has 0 unspecified atom stereocenters. The van der Waals surface area contributed by atoms with Gasteiger partial charge in [0, 0.05) is 0 Å². The fraction of sp³-hybridized carbons (Fsp3) is 0.0526. The highest BCUT2D eigenvalue weighted by Gasteiger charge is 2.15. The Morgan fingerprint density at radius 1 is 1.11 bits per heavy atom. The van der Waals surface area contributed by atoms with Gasteiger partial charge in [-0.25, -0.2) is 14.8 Å². The number of hydrogen-bond donors (Lipinski definition) is 4. The second-order valence-electron chi connectivity index (χ2n) is 5.83. The molecule has 0 aliphatic carbocycles. The quantitative estimate of drug-likeness (QED) is 0.395. The number of hydrogen-bond acceptors (Lipinski definition) is 6. The van der Waals surface area contributed by atoms with Crippen LogP contribution in [0, 0.1) is 6.92 Å². The Labute approximate surface area is 158 Å². The molecule has 9 nitrogen and oxygen atoms in total. The molecule has 9 heteroatoms. The summed E-state index contributed by atoms with van der Waals surface area (Å²) in [5, 5.41) is 23.7. The highest BCUT2D eigenvalue weighted by atomic mass is 16.3. The lowest BCUT2D eigenvalue weighted by molar-refractivity contribution is 0.0952. The van der Waals surface area contributed by atoms with Gasteiger partial charge in [-0.15, -0.1) is 0 Å². The summed E-state index contributed by atoms with van der Waals surface area (Å²) in [5.74, 6) is -1.56. The number of H-pyrrole nitrogens is 1. The van der Waals surface area contributed by atoms with E-state index in [2.05, 4.69) is 15.5 Å². The zero-order valence-corrected chi connectivity index (χ0v) is 14.7. The van der Waals surface area contributed by atoms with Crippen molar-refractivity contribution in [2.24, 2.45) is 5.10 Å². The molecule has 3 aromatic rings. The van der Waals surface area contributed by atoms with Crippen molar-refractivity contribution in [3.63, 3.8) is 0 Å². The van der Waals surface area contributed by atoms with Gasteiger partial charge in [-0.2, -0.15) is 5.10 Å². The number of para-hydroxylation sites is 2. The average molecular weight is 380 g/mol. The van der Waals surface area contributed by atoms with E-state index in [1.807, 2.05) is 0 Å². The molecule has 2 aromatic carbocycles. The molecule has 28 heavy (non-hydrogen) atoms. The van der Waals surface area contributed by atoms with Gasteiger partial charge in [-0.1, -0.05) is 30.3 Å². The van der Waals surface area contributed by atoms with Crippen molar-refractivity contribution in [1.29, 1.82) is 0 Å². The molecular formula is C19H16N4O5. The van der Waals surface area contributed by atoms with Gasteiger partial charge in [0.25, 0.3) is 11.5 Å². The second-order valence-corrected chi connectivity index (χ2v) is 5.83. The first-order chi connectivity index (χ1) is 13.4. The number of phenolic OH excluding ortho intramolecular Hbond substituents is 1. The Morgan fingerprint density at radius 3 is 2.50 bits per heavy atom. The topological polar surface area (TPSA) is 137 Å². The molecule has 0 radical (unpaired) electrons. The minimum Gasteiger partial charge on any atom is -0.507 e. The molecule has 0 bridgehead atoms. The molecule has 0 aliphatic rings. The van der Waals surface area contributed by atoms with E-state index < -0.39 is 23.0 Å². The molecule has 0 fully saturated rings. The van der Waals surface area contributed by atoms with Gasteiger partial charge in [-0.3, -0.25) is 14.6 Å². The summed E-state index contributed by atoms with van der Waals surface area (Å²) in [6.07, 6.45) is 0.917.